The fourth-order valence-corrected chi connectivity index (χ4v) is 2.41. The van der Waals surface area contributed by atoms with Gasteiger partial charge in [-0.05, 0) is 37.1 Å². The van der Waals surface area contributed by atoms with Crippen LogP contribution in [-0.2, 0) is 11.2 Å². The molecule has 0 spiro atoms. The Balaban J connectivity index is 2.31. The maximum Gasteiger partial charge on any atom is 0.137 e. The van der Waals surface area contributed by atoms with Crippen molar-refractivity contribution in [1.82, 2.24) is 4.90 Å². The van der Waals surface area contributed by atoms with E-state index in [1.807, 2.05) is 0 Å². The summed E-state index contributed by atoms with van der Waals surface area (Å²) in [7, 11) is 0. The Kier molecular flexibility index (Phi) is 3.97. The van der Waals surface area contributed by atoms with Crippen molar-refractivity contribution in [3.05, 3.63) is 35.4 Å². The minimum absolute atomic E-state index is 0.161. The van der Waals surface area contributed by atoms with Gasteiger partial charge in [0.15, 0.2) is 0 Å². The average molecular weight is 219 g/mol. The Bertz CT molecular complexity index is 333. The third-order valence-electron chi connectivity index (χ3n) is 3.33. The van der Waals surface area contributed by atoms with E-state index in [1.165, 1.54) is 11.1 Å². The first-order chi connectivity index (χ1) is 7.86. The molecule has 1 aliphatic heterocycles. The van der Waals surface area contributed by atoms with Crippen LogP contribution in [0, 0.1) is 0 Å². The second-order valence-electron chi connectivity index (χ2n) is 4.25. The van der Waals surface area contributed by atoms with E-state index in [0.717, 1.165) is 32.5 Å². The normalized spacial score (nSPS) is 20.6. The highest BCUT2D eigenvalue weighted by molar-refractivity contribution is 5.29. The topological polar surface area (TPSA) is 12.5 Å². The molecule has 1 aliphatic rings. The first kappa shape index (κ1) is 11.6. The third kappa shape index (κ3) is 2.28. The van der Waals surface area contributed by atoms with Gasteiger partial charge in [-0.3, -0.25) is 4.90 Å². The van der Waals surface area contributed by atoms with Gasteiger partial charge in [-0.25, -0.2) is 0 Å². The number of hydrogen-bond donors (Lipinski definition) is 0. The summed E-state index contributed by atoms with van der Waals surface area (Å²) in [5.41, 5.74) is 2.82. The van der Waals surface area contributed by atoms with Crippen LogP contribution >= 0.6 is 0 Å². The standard InChI is InChI=1S/C14H21NO/c1-3-15(4-2)14-13-10-6-5-8-12(13)9-7-11-16-14/h5-6,8,10,14H,3-4,7,9,11H2,1-2H3. The Labute approximate surface area is 98.2 Å². The van der Waals surface area contributed by atoms with E-state index in [4.69, 9.17) is 4.74 Å². The lowest BCUT2D eigenvalue weighted by atomic mass is 10.0. The maximum absolute atomic E-state index is 6.00. The van der Waals surface area contributed by atoms with E-state index in [0.29, 0.717) is 0 Å². The molecule has 0 fully saturated rings. The highest BCUT2D eigenvalue weighted by Gasteiger charge is 2.22. The van der Waals surface area contributed by atoms with E-state index >= 15 is 0 Å². The lowest BCUT2D eigenvalue weighted by Gasteiger charge is -2.29. The van der Waals surface area contributed by atoms with Crippen LogP contribution in [0.1, 0.15) is 37.6 Å². The zero-order chi connectivity index (χ0) is 11.4. The van der Waals surface area contributed by atoms with E-state index in [9.17, 15) is 0 Å². The summed E-state index contributed by atoms with van der Waals surface area (Å²) in [6.07, 6.45) is 2.44. The van der Waals surface area contributed by atoms with Crippen molar-refractivity contribution >= 4 is 0 Å². The highest BCUT2D eigenvalue weighted by atomic mass is 16.5. The Hall–Kier alpha value is -0.860. The fourth-order valence-electron chi connectivity index (χ4n) is 2.41. The van der Waals surface area contributed by atoms with Crippen molar-refractivity contribution < 1.29 is 4.74 Å². The van der Waals surface area contributed by atoms with Crippen LogP contribution in [0.15, 0.2) is 24.3 Å². The summed E-state index contributed by atoms with van der Waals surface area (Å²) in [6.45, 7) is 7.33. The van der Waals surface area contributed by atoms with Crippen molar-refractivity contribution in [3.63, 3.8) is 0 Å². The molecule has 1 heterocycles. The zero-order valence-electron chi connectivity index (χ0n) is 10.3. The van der Waals surface area contributed by atoms with Gasteiger partial charge in [-0.1, -0.05) is 38.1 Å². The van der Waals surface area contributed by atoms with Crippen LogP contribution in [0.3, 0.4) is 0 Å². The van der Waals surface area contributed by atoms with Gasteiger partial charge >= 0.3 is 0 Å². The SMILES string of the molecule is CCN(CC)C1OCCCc2ccccc21. The third-order valence-corrected chi connectivity index (χ3v) is 3.33. The van der Waals surface area contributed by atoms with Crippen molar-refractivity contribution in [2.24, 2.45) is 0 Å². The van der Waals surface area contributed by atoms with Gasteiger partial charge in [-0.15, -0.1) is 0 Å². The molecule has 88 valence electrons. The van der Waals surface area contributed by atoms with E-state index in [1.54, 1.807) is 0 Å². The molecule has 1 atom stereocenters. The lowest BCUT2D eigenvalue weighted by molar-refractivity contribution is -0.0554. The van der Waals surface area contributed by atoms with Crippen LogP contribution < -0.4 is 0 Å². The molecule has 0 saturated carbocycles. The molecule has 0 bridgehead atoms. The van der Waals surface area contributed by atoms with Crippen molar-refractivity contribution in [2.45, 2.75) is 32.9 Å². The minimum atomic E-state index is 0.161. The summed E-state index contributed by atoms with van der Waals surface area (Å²) >= 11 is 0. The number of ether oxygens (including phenoxy) is 1. The van der Waals surface area contributed by atoms with Gasteiger partial charge < -0.3 is 4.74 Å². The van der Waals surface area contributed by atoms with E-state index in [2.05, 4.69) is 43.0 Å². The van der Waals surface area contributed by atoms with Gasteiger partial charge in [-0.2, -0.15) is 0 Å². The Morgan fingerprint density at radius 1 is 1.25 bits per heavy atom. The Morgan fingerprint density at radius 2 is 2.00 bits per heavy atom. The van der Waals surface area contributed by atoms with Crippen molar-refractivity contribution in [3.8, 4) is 0 Å². The molecule has 0 radical (unpaired) electrons. The number of hydrogen-bond acceptors (Lipinski definition) is 2. The number of aryl methyl sites for hydroxylation is 1. The van der Waals surface area contributed by atoms with Crippen LogP contribution in [0.5, 0.6) is 0 Å². The zero-order valence-corrected chi connectivity index (χ0v) is 10.3. The molecule has 1 aromatic rings. The lowest BCUT2D eigenvalue weighted by Crippen LogP contribution is -2.30. The van der Waals surface area contributed by atoms with Crippen LogP contribution in [0.2, 0.25) is 0 Å². The summed E-state index contributed by atoms with van der Waals surface area (Å²) in [5, 5.41) is 0. The van der Waals surface area contributed by atoms with E-state index in [-0.39, 0.29) is 6.23 Å². The first-order valence-corrected chi connectivity index (χ1v) is 6.30. The van der Waals surface area contributed by atoms with E-state index < -0.39 is 0 Å². The average Bonchev–Trinajstić information content (AvgIpc) is 2.54. The summed E-state index contributed by atoms with van der Waals surface area (Å²) in [5.74, 6) is 0. The summed E-state index contributed by atoms with van der Waals surface area (Å²) < 4.78 is 6.00. The molecular weight excluding hydrogens is 198 g/mol. The molecule has 1 aromatic carbocycles. The molecule has 0 aromatic heterocycles. The summed E-state index contributed by atoms with van der Waals surface area (Å²) in [4.78, 5) is 2.38. The first-order valence-electron chi connectivity index (χ1n) is 6.30. The smallest absolute Gasteiger partial charge is 0.137 e. The molecule has 2 rings (SSSR count). The minimum Gasteiger partial charge on any atom is -0.359 e. The van der Waals surface area contributed by atoms with Crippen LogP contribution in [0.4, 0.5) is 0 Å². The quantitative estimate of drug-likeness (QED) is 0.775. The number of rotatable bonds is 3. The predicted molar refractivity (Wildman–Crippen MR) is 66.4 cm³/mol. The largest absolute Gasteiger partial charge is 0.359 e. The number of benzene rings is 1. The molecule has 0 N–H and O–H groups in total. The highest BCUT2D eigenvalue weighted by Crippen LogP contribution is 2.28. The van der Waals surface area contributed by atoms with Crippen LogP contribution in [0.25, 0.3) is 0 Å². The molecule has 2 nitrogen and oxygen atoms in total. The second kappa shape index (κ2) is 5.46. The van der Waals surface area contributed by atoms with Crippen LogP contribution in [-0.4, -0.2) is 24.6 Å². The number of fused-ring (bicyclic) bond motifs is 1. The second-order valence-corrected chi connectivity index (χ2v) is 4.25. The fraction of sp³-hybridized carbons (Fsp3) is 0.571. The molecular formula is C14H21NO. The molecule has 0 amide bonds. The monoisotopic (exact) mass is 219 g/mol. The summed E-state index contributed by atoms with van der Waals surface area (Å²) in [6, 6.07) is 8.69. The predicted octanol–water partition coefficient (Wildman–Crippen LogP) is 2.99. The number of nitrogens with zero attached hydrogens (tertiary/aromatic N) is 1. The molecule has 1 unspecified atom stereocenters. The van der Waals surface area contributed by atoms with Gasteiger partial charge in [0.05, 0.1) is 0 Å². The molecule has 0 aliphatic carbocycles. The van der Waals surface area contributed by atoms with Gasteiger partial charge in [0.25, 0.3) is 0 Å². The van der Waals surface area contributed by atoms with Crippen molar-refractivity contribution in [1.29, 1.82) is 0 Å². The molecule has 0 saturated heterocycles. The van der Waals surface area contributed by atoms with Gasteiger partial charge in [0, 0.05) is 6.61 Å². The molecule has 2 heteroatoms. The van der Waals surface area contributed by atoms with Gasteiger partial charge in [0.2, 0.25) is 0 Å². The maximum atomic E-state index is 6.00. The Morgan fingerprint density at radius 3 is 2.75 bits per heavy atom. The molecule has 16 heavy (non-hydrogen) atoms. The van der Waals surface area contributed by atoms with Crippen molar-refractivity contribution in [2.75, 3.05) is 19.7 Å². The van der Waals surface area contributed by atoms with Gasteiger partial charge in [0.1, 0.15) is 6.23 Å².